The molecule has 0 aliphatic rings. The van der Waals surface area contributed by atoms with Crippen molar-refractivity contribution >= 4 is 17.3 Å². The molecule has 0 radical (unpaired) electrons. The van der Waals surface area contributed by atoms with Crippen LogP contribution in [0, 0.1) is 0 Å². The molecule has 2 aromatic heterocycles. The molecule has 2 aromatic rings. The fourth-order valence-electron chi connectivity index (χ4n) is 1.92. The lowest BCUT2D eigenvalue weighted by molar-refractivity contribution is -0.140. The van der Waals surface area contributed by atoms with Crippen LogP contribution in [0.5, 0.6) is 0 Å². The lowest BCUT2D eigenvalue weighted by Crippen LogP contribution is -2.39. The summed E-state index contributed by atoms with van der Waals surface area (Å²) in [6, 6.07) is 5.73. The van der Waals surface area contributed by atoms with Crippen LogP contribution in [0.25, 0.3) is 0 Å². The van der Waals surface area contributed by atoms with Crippen molar-refractivity contribution in [3.8, 4) is 0 Å². The molecule has 0 fully saturated rings. The number of nitrogens with one attached hydrogen (secondary N) is 2. The van der Waals surface area contributed by atoms with Gasteiger partial charge in [-0.05, 0) is 12.1 Å². The Labute approximate surface area is 142 Å². The number of hydrogen-bond donors (Lipinski definition) is 2. The second kappa shape index (κ2) is 8.62. The van der Waals surface area contributed by atoms with Crippen LogP contribution in [0.2, 0.25) is 0 Å². The summed E-state index contributed by atoms with van der Waals surface area (Å²) in [6.07, 6.45) is -1.48. The van der Waals surface area contributed by atoms with Crippen LogP contribution in [-0.4, -0.2) is 36.1 Å². The monoisotopic (exact) mass is 357 g/mol. The van der Waals surface area contributed by atoms with Gasteiger partial charge in [-0.2, -0.15) is 13.2 Å². The van der Waals surface area contributed by atoms with Gasteiger partial charge in [0, 0.05) is 50.2 Å². The molecule has 2 N–H and O–H groups in total. The molecule has 0 unspecified atom stereocenters. The van der Waals surface area contributed by atoms with E-state index in [0.717, 1.165) is 28.8 Å². The maximum absolute atomic E-state index is 12.5. The zero-order valence-electron chi connectivity index (χ0n) is 13.1. The number of halogens is 3. The second-order valence-corrected chi connectivity index (χ2v) is 5.81. The van der Waals surface area contributed by atoms with Crippen LogP contribution >= 0.6 is 11.3 Å². The zero-order chi connectivity index (χ0) is 17.4. The molecular weight excluding hydrogens is 339 g/mol. The van der Waals surface area contributed by atoms with Gasteiger partial charge in [-0.15, -0.1) is 11.3 Å². The number of alkyl halides is 3. The van der Waals surface area contributed by atoms with E-state index < -0.39 is 11.9 Å². The summed E-state index contributed by atoms with van der Waals surface area (Å²) in [5.41, 5.74) is 0.142. The molecule has 0 spiro atoms. The first-order valence-corrected chi connectivity index (χ1v) is 8.23. The van der Waals surface area contributed by atoms with Gasteiger partial charge in [0.25, 0.3) is 0 Å². The molecule has 2 rings (SSSR count). The minimum atomic E-state index is -4.38. The van der Waals surface area contributed by atoms with Gasteiger partial charge in [0.2, 0.25) is 0 Å². The van der Waals surface area contributed by atoms with Crippen molar-refractivity contribution in [2.24, 2.45) is 4.99 Å². The van der Waals surface area contributed by atoms with E-state index in [1.54, 1.807) is 13.2 Å². The molecule has 9 heteroatoms. The smallest absolute Gasteiger partial charge is 0.356 e. The molecule has 130 valence electrons. The van der Waals surface area contributed by atoms with Crippen molar-refractivity contribution in [1.29, 1.82) is 0 Å². The molecule has 0 bridgehead atoms. The highest BCUT2D eigenvalue weighted by Gasteiger charge is 2.33. The van der Waals surface area contributed by atoms with E-state index in [-0.39, 0.29) is 0 Å². The fraction of sp³-hybridized carbons (Fsp3) is 0.400. The molecule has 0 atom stereocenters. The lowest BCUT2D eigenvalue weighted by Gasteiger charge is -2.11. The topological polar surface area (TPSA) is 62.2 Å². The van der Waals surface area contributed by atoms with Gasteiger partial charge in [0.1, 0.15) is 0 Å². The van der Waals surface area contributed by atoms with E-state index in [0.29, 0.717) is 30.5 Å². The molecule has 24 heavy (non-hydrogen) atoms. The number of aliphatic imine (C=N–C) groups is 1. The average Bonchev–Trinajstić information content (AvgIpc) is 3.03. The zero-order valence-corrected chi connectivity index (χ0v) is 13.9. The lowest BCUT2D eigenvalue weighted by atomic mass is 10.3. The van der Waals surface area contributed by atoms with Gasteiger partial charge in [-0.3, -0.25) is 9.98 Å². The average molecular weight is 357 g/mol. The first kappa shape index (κ1) is 18.2. The standard InChI is InChI=1S/C15H18F3N5S/c1-19-14(21-8-5-11-4-2-3-7-20-11)22-9-6-13-23-12(10-24-13)15(16,17)18/h2-4,7,10H,5-6,8-9H2,1H3,(H2,19,21,22). The van der Waals surface area contributed by atoms with Crippen molar-refractivity contribution in [1.82, 2.24) is 20.6 Å². The van der Waals surface area contributed by atoms with E-state index in [1.807, 2.05) is 18.2 Å². The highest BCUT2D eigenvalue weighted by atomic mass is 32.1. The maximum Gasteiger partial charge on any atom is 0.434 e. The van der Waals surface area contributed by atoms with Crippen LogP contribution in [0.1, 0.15) is 16.4 Å². The number of guanidine groups is 1. The first-order chi connectivity index (χ1) is 11.5. The highest BCUT2D eigenvalue weighted by molar-refractivity contribution is 7.09. The third-order valence-electron chi connectivity index (χ3n) is 3.10. The predicted octanol–water partition coefficient (Wildman–Crippen LogP) is 2.51. The Balaban J connectivity index is 1.71. The Bertz CT molecular complexity index is 655. The quantitative estimate of drug-likeness (QED) is 0.616. The fourth-order valence-corrected chi connectivity index (χ4v) is 2.72. The normalized spacial score (nSPS) is 12.2. The molecule has 0 amide bonds. The Morgan fingerprint density at radius 1 is 1.21 bits per heavy atom. The molecule has 0 aliphatic heterocycles. The maximum atomic E-state index is 12.5. The third-order valence-corrected chi connectivity index (χ3v) is 4.01. The van der Waals surface area contributed by atoms with Crippen LogP contribution in [0.4, 0.5) is 13.2 Å². The van der Waals surface area contributed by atoms with Crippen molar-refractivity contribution in [3.05, 3.63) is 46.2 Å². The van der Waals surface area contributed by atoms with Gasteiger partial charge in [-0.1, -0.05) is 6.07 Å². The summed E-state index contributed by atoms with van der Waals surface area (Å²) in [5, 5.41) is 7.67. The van der Waals surface area contributed by atoms with E-state index >= 15 is 0 Å². The van der Waals surface area contributed by atoms with Crippen molar-refractivity contribution < 1.29 is 13.2 Å². The predicted molar refractivity (Wildman–Crippen MR) is 88.1 cm³/mol. The number of nitrogens with zero attached hydrogens (tertiary/aromatic N) is 3. The molecular formula is C15H18F3N5S. The van der Waals surface area contributed by atoms with Gasteiger partial charge in [-0.25, -0.2) is 4.98 Å². The van der Waals surface area contributed by atoms with Crippen LogP contribution in [0.3, 0.4) is 0 Å². The summed E-state index contributed by atoms with van der Waals surface area (Å²) < 4.78 is 37.4. The summed E-state index contributed by atoms with van der Waals surface area (Å²) in [5.74, 6) is 0.596. The Morgan fingerprint density at radius 3 is 2.54 bits per heavy atom. The van der Waals surface area contributed by atoms with E-state index in [2.05, 4.69) is 25.6 Å². The van der Waals surface area contributed by atoms with Gasteiger partial charge < -0.3 is 10.6 Å². The van der Waals surface area contributed by atoms with Crippen molar-refractivity contribution in [2.75, 3.05) is 20.1 Å². The Hall–Kier alpha value is -2.16. The van der Waals surface area contributed by atoms with E-state index in [9.17, 15) is 13.2 Å². The number of thiazole rings is 1. The Morgan fingerprint density at radius 2 is 1.96 bits per heavy atom. The second-order valence-electron chi connectivity index (χ2n) is 4.87. The number of rotatable bonds is 6. The summed E-state index contributed by atoms with van der Waals surface area (Å²) in [4.78, 5) is 11.9. The minimum Gasteiger partial charge on any atom is -0.356 e. The minimum absolute atomic E-state index is 0.404. The number of hydrogen-bond acceptors (Lipinski definition) is 4. The van der Waals surface area contributed by atoms with Crippen LogP contribution in [-0.2, 0) is 19.0 Å². The molecule has 0 aliphatic carbocycles. The molecule has 5 nitrogen and oxygen atoms in total. The largest absolute Gasteiger partial charge is 0.434 e. The van der Waals surface area contributed by atoms with Crippen molar-refractivity contribution in [2.45, 2.75) is 19.0 Å². The SMILES string of the molecule is CN=C(NCCc1ccccn1)NCCc1nc(C(F)(F)F)cs1. The number of aromatic nitrogens is 2. The number of pyridine rings is 1. The molecule has 0 saturated heterocycles. The highest BCUT2D eigenvalue weighted by Crippen LogP contribution is 2.29. The van der Waals surface area contributed by atoms with Crippen LogP contribution < -0.4 is 10.6 Å². The first-order valence-electron chi connectivity index (χ1n) is 7.35. The van der Waals surface area contributed by atoms with E-state index in [4.69, 9.17) is 0 Å². The third kappa shape index (κ3) is 5.80. The van der Waals surface area contributed by atoms with Crippen LogP contribution in [0.15, 0.2) is 34.8 Å². The van der Waals surface area contributed by atoms with Crippen molar-refractivity contribution in [3.63, 3.8) is 0 Å². The van der Waals surface area contributed by atoms with E-state index in [1.165, 1.54) is 0 Å². The molecule has 0 aromatic carbocycles. The summed E-state index contributed by atoms with van der Waals surface area (Å²) in [7, 11) is 1.64. The Kier molecular flexibility index (Phi) is 6.53. The molecule has 2 heterocycles. The molecule has 0 saturated carbocycles. The summed E-state index contributed by atoms with van der Waals surface area (Å²) in [6.45, 7) is 1.11. The van der Waals surface area contributed by atoms with Gasteiger partial charge >= 0.3 is 6.18 Å². The van der Waals surface area contributed by atoms with Gasteiger partial charge in [0.05, 0.1) is 5.01 Å². The van der Waals surface area contributed by atoms with Gasteiger partial charge in [0.15, 0.2) is 11.7 Å². The summed E-state index contributed by atoms with van der Waals surface area (Å²) >= 11 is 1.01.